The van der Waals surface area contributed by atoms with Gasteiger partial charge < -0.3 is 0 Å². The predicted octanol–water partition coefficient (Wildman–Crippen LogP) is 13.8. The van der Waals surface area contributed by atoms with Gasteiger partial charge in [0.2, 0.25) is 0 Å². The summed E-state index contributed by atoms with van der Waals surface area (Å²) in [6, 6.07) is 70.8. The Hall–Kier alpha value is -6.55. The number of aromatic nitrogens is 2. The van der Waals surface area contributed by atoms with Gasteiger partial charge in [0, 0.05) is 31.9 Å². The number of rotatable bonds is 4. The summed E-state index contributed by atoms with van der Waals surface area (Å²) in [6.07, 6.45) is 0. The number of nitrogens with zero attached hydrogens (tertiary/aromatic N) is 2. The first-order valence-corrected chi connectivity index (χ1v) is 20.5. The molecule has 0 radical (unpaired) electrons. The summed E-state index contributed by atoms with van der Waals surface area (Å²) < 4.78 is 0. The van der Waals surface area contributed by atoms with Crippen molar-refractivity contribution in [3.63, 3.8) is 0 Å². The molecule has 1 aliphatic heterocycles. The van der Waals surface area contributed by atoms with E-state index in [1.807, 2.05) is 30.0 Å². The van der Waals surface area contributed by atoms with E-state index in [4.69, 9.17) is 9.97 Å². The third kappa shape index (κ3) is 5.26. The highest BCUT2D eigenvalue weighted by Gasteiger charge is 2.52. The van der Waals surface area contributed by atoms with Crippen molar-refractivity contribution in [2.24, 2.45) is 0 Å². The molecule has 9 aromatic rings. The van der Waals surface area contributed by atoms with Gasteiger partial charge in [0.05, 0.1) is 16.8 Å². The molecule has 8 aromatic carbocycles. The molecule has 57 heavy (non-hydrogen) atoms. The van der Waals surface area contributed by atoms with Gasteiger partial charge in [-0.3, -0.25) is 0 Å². The molecule has 0 N–H and O–H groups in total. The summed E-state index contributed by atoms with van der Waals surface area (Å²) in [5.74, 6) is 0.715. The minimum atomic E-state index is -0.436. The van der Waals surface area contributed by atoms with E-state index < -0.39 is 5.41 Å². The number of hydrogen-bond donors (Lipinski definition) is 0. The van der Waals surface area contributed by atoms with Crippen molar-refractivity contribution < 1.29 is 0 Å². The molecule has 0 unspecified atom stereocenters. The van der Waals surface area contributed by atoms with E-state index in [2.05, 4.69) is 190 Å². The molecule has 1 aliphatic carbocycles. The Kier molecular flexibility index (Phi) is 7.71. The molecule has 1 spiro atoms. The molecule has 0 atom stereocenters. The molecular formula is C54H38N2S. The maximum absolute atomic E-state index is 5.19. The van der Waals surface area contributed by atoms with E-state index in [0.717, 1.165) is 33.6 Å². The van der Waals surface area contributed by atoms with Crippen LogP contribution in [0.5, 0.6) is 0 Å². The van der Waals surface area contributed by atoms with Crippen LogP contribution in [0.15, 0.2) is 204 Å². The van der Waals surface area contributed by atoms with Gasteiger partial charge in [-0.05, 0) is 85.6 Å². The van der Waals surface area contributed by atoms with Crippen molar-refractivity contribution >= 4 is 22.5 Å². The van der Waals surface area contributed by atoms with Gasteiger partial charge in [-0.1, -0.05) is 189 Å². The molecule has 1 aromatic heterocycles. The van der Waals surface area contributed by atoms with Crippen LogP contribution in [0.2, 0.25) is 0 Å². The van der Waals surface area contributed by atoms with Gasteiger partial charge in [0.1, 0.15) is 0 Å². The molecule has 0 bridgehead atoms. The largest absolute Gasteiger partial charge is 0.228 e. The lowest BCUT2D eigenvalue weighted by Gasteiger charge is -2.50. The van der Waals surface area contributed by atoms with Gasteiger partial charge in [-0.25, -0.2) is 9.97 Å². The normalized spacial score (nSPS) is 14.4. The predicted molar refractivity (Wildman–Crippen MR) is 236 cm³/mol. The van der Waals surface area contributed by atoms with Gasteiger partial charge in [0.15, 0.2) is 5.82 Å². The Morgan fingerprint density at radius 2 is 0.877 bits per heavy atom. The quantitative estimate of drug-likeness (QED) is 0.179. The first-order chi connectivity index (χ1) is 28.0. The van der Waals surface area contributed by atoms with Crippen molar-refractivity contribution in [1.82, 2.24) is 9.97 Å². The fraction of sp³-hybridized carbons (Fsp3) is 0.0741. The van der Waals surface area contributed by atoms with Gasteiger partial charge in [-0.2, -0.15) is 0 Å². The van der Waals surface area contributed by atoms with Crippen molar-refractivity contribution in [1.29, 1.82) is 0 Å². The smallest absolute Gasteiger partial charge is 0.160 e. The van der Waals surface area contributed by atoms with Crippen LogP contribution in [0.1, 0.15) is 47.2 Å². The third-order valence-corrected chi connectivity index (χ3v) is 13.3. The van der Waals surface area contributed by atoms with Gasteiger partial charge >= 0.3 is 0 Å². The molecule has 11 rings (SSSR count). The van der Waals surface area contributed by atoms with E-state index >= 15 is 0 Å². The van der Waals surface area contributed by atoms with Gasteiger partial charge in [0.25, 0.3) is 0 Å². The highest BCUT2D eigenvalue weighted by Crippen LogP contribution is 2.61. The van der Waals surface area contributed by atoms with E-state index in [9.17, 15) is 0 Å². The van der Waals surface area contributed by atoms with Crippen LogP contribution < -0.4 is 0 Å². The zero-order valence-electron chi connectivity index (χ0n) is 31.8. The Labute approximate surface area is 338 Å². The maximum Gasteiger partial charge on any atom is 0.160 e. The Morgan fingerprint density at radius 3 is 1.61 bits per heavy atom. The average Bonchev–Trinajstić information content (AvgIpc) is 3.28. The fourth-order valence-corrected chi connectivity index (χ4v) is 10.7. The molecule has 0 amide bonds. The highest BCUT2D eigenvalue weighted by atomic mass is 32.2. The molecule has 0 saturated heterocycles. The van der Waals surface area contributed by atoms with Crippen LogP contribution in [0.25, 0.3) is 55.8 Å². The standard InChI is InChI=1S/C54H38N2S/c1-53(2)42-21-8-10-23-44(42)54(45-24-11-9-22-43(45)53)46-25-12-13-26-50(46)57-51-33-39(29-30-47(51)54)38-19-14-20-40(32-38)48-34-49(56-52(55-48)36-16-4-3-5-17-36)41-28-27-35-15-6-7-18-37(35)31-41/h3-34H,1-2H3. The summed E-state index contributed by atoms with van der Waals surface area (Å²) in [5.41, 5.74) is 14.9. The second-order valence-corrected chi connectivity index (χ2v) is 16.8. The maximum atomic E-state index is 5.19. The Morgan fingerprint density at radius 1 is 0.351 bits per heavy atom. The molecule has 2 nitrogen and oxygen atoms in total. The molecular weight excluding hydrogens is 709 g/mol. The van der Waals surface area contributed by atoms with E-state index in [-0.39, 0.29) is 5.41 Å². The fourth-order valence-electron chi connectivity index (χ4n) is 9.47. The zero-order valence-corrected chi connectivity index (χ0v) is 32.6. The molecule has 0 saturated carbocycles. The van der Waals surface area contributed by atoms with E-state index in [1.165, 1.54) is 59.5 Å². The lowest BCUT2D eigenvalue weighted by molar-refractivity contribution is 0.549. The molecule has 3 heteroatoms. The number of benzene rings is 8. The minimum absolute atomic E-state index is 0.131. The van der Waals surface area contributed by atoms with Crippen LogP contribution >= 0.6 is 11.8 Å². The summed E-state index contributed by atoms with van der Waals surface area (Å²) >= 11 is 1.89. The lowest BCUT2D eigenvalue weighted by Crippen LogP contribution is -2.43. The number of hydrogen-bond acceptors (Lipinski definition) is 3. The number of fused-ring (bicyclic) bond motifs is 9. The summed E-state index contributed by atoms with van der Waals surface area (Å²) in [6.45, 7) is 4.76. The molecule has 270 valence electrons. The second kappa shape index (κ2) is 13.0. The van der Waals surface area contributed by atoms with Crippen molar-refractivity contribution in [2.75, 3.05) is 0 Å². The van der Waals surface area contributed by atoms with Crippen LogP contribution in [-0.2, 0) is 10.8 Å². The minimum Gasteiger partial charge on any atom is -0.228 e. The Bertz CT molecular complexity index is 2990. The summed E-state index contributed by atoms with van der Waals surface area (Å²) in [4.78, 5) is 12.9. The molecule has 2 aliphatic rings. The monoisotopic (exact) mass is 746 g/mol. The van der Waals surface area contributed by atoms with Crippen LogP contribution in [0.4, 0.5) is 0 Å². The molecule has 0 fully saturated rings. The Balaban J connectivity index is 1.07. The van der Waals surface area contributed by atoms with Crippen molar-refractivity contribution in [3.8, 4) is 45.0 Å². The second-order valence-electron chi connectivity index (χ2n) is 15.7. The first kappa shape index (κ1) is 33.8. The summed E-state index contributed by atoms with van der Waals surface area (Å²) in [7, 11) is 0. The van der Waals surface area contributed by atoms with Crippen LogP contribution in [0.3, 0.4) is 0 Å². The van der Waals surface area contributed by atoms with E-state index in [0.29, 0.717) is 5.82 Å². The first-order valence-electron chi connectivity index (χ1n) is 19.6. The molecule has 2 heterocycles. The van der Waals surface area contributed by atoms with E-state index in [1.54, 1.807) is 0 Å². The van der Waals surface area contributed by atoms with Crippen LogP contribution in [0, 0.1) is 0 Å². The summed E-state index contributed by atoms with van der Waals surface area (Å²) in [5, 5.41) is 2.40. The average molecular weight is 747 g/mol. The highest BCUT2D eigenvalue weighted by molar-refractivity contribution is 7.99. The van der Waals surface area contributed by atoms with Crippen LogP contribution in [-0.4, -0.2) is 9.97 Å². The lowest BCUT2D eigenvalue weighted by atomic mass is 9.54. The van der Waals surface area contributed by atoms with Crippen molar-refractivity contribution in [3.05, 3.63) is 228 Å². The zero-order chi connectivity index (χ0) is 38.1. The topological polar surface area (TPSA) is 25.8 Å². The third-order valence-electron chi connectivity index (χ3n) is 12.2. The van der Waals surface area contributed by atoms with Gasteiger partial charge in [-0.15, -0.1) is 0 Å². The SMILES string of the molecule is CC1(C)c2ccccc2C2(c3ccccc3Sc3cc(-c4cccc(-c5cc(-c6ccc7ccccc7c6)nc(-c6ccccc6)n5)c4)ccc32)c2ccccc21. The van der Waals surface area contributed by atoms with Crippen molar-refractivity contribution in [2.45, 2.75) is 34.5 Å².